The summed E-state index contributed by atoms with van der Waals surface area (Å²) in [4.78, 5) is 25.4. The zero-order valence-electron chi connectivity index (χ0n) is 21.6. The first-order valence-electron chi connectivity index (χ1n) is 12.0. The van der Waals surface area contributed by atoms with Crippen molar-refractivity contribution in [2.45, 2.75) is 37.8 Å². The van der Waals surface area contributed by atoms with E-state index in [0.29, 0.717) is 62.4 Å². The van der Waals surface area contributed by atoms with Crippen molar-refractivity contribution in [2.24, 2.45) is 4.99 Å². The van der Waals surface area contributed by atoms with Gasteiger partial charge >= 0.3 is 0 Å². The number of quaternary nitrogens is 2. The number of aliphatic carboxylic acids is 2. The van der Waals surface area contributed by atoms with Gasteiger partial charge < -0.3 is 55.3 Å². The minimum atomic E-state index is -1.27. The molecule has 0 spiro atoms. The van der Waals surface area contributed by atoms with Gasteiger partial charge in [0.1, 0.15) is 34.7 Å². The fourth-order valence-electron chi connectivity index (χ4n) is 2.89. The van der Waals surface area contributed by atoms with Crippen molar-refractivity contribution in [2.75, 3.05) is 59.0 Å². The van der Waals surface area contributed by atoms with Gasteiger partial charge in [0.15, 0.2) is 0 Å². The summed E-state index contributed by atoms with van der Waals surface area (Å²) in [5.74, 6) is -1.54. The van der Waals surface area contributed by atoms with Gasteiger partial charge in [-0.3, -0.25) is 4.99 Å². The smallest absolute Gasteiger partial charge is 0.129 e. The van der Waals surface area contributed by atoms with Crippen molar-refractivity contribution in [3.8, 4) is 11.5 Å². The topological polar surface area (TPSA) is 205 Å². The molecule has 0 saturated heterocycles. The van der Waals surface area contributed by atoms with Crippen molar-refractivity contribution in [1.82, 2.24) is 0 Å². The first-order valence-corrected chi connectivity index (χ1v) is 13.0. The van der Waals surface area contributed by atoms with Gasteiger partial charge in [0.05, 0.1) is 51.5 Å². The molecule has 0 aromatic heterocycles. The molecule has 7 N–H and O–H groups in total. The number of carbonyl (C=O) groups excluding carboxylic acids is 2. The zero-order chi connectivity index (χ0) is 27.7. The largest absolute Gasteiger partial charge is 0.547 e. The number of benzene rings is 1. The van der Waals surface area contributed by atoms with Crippen LogP contribution in [0.4, 0.5) is 0 Å². The highest BCUT2D eigenvalue weighted by Gasteiger charge is 2.33. The number of rotatable bonds is 17. The maximum absolute atomic E-state index is 11.2. The van der Waals surface area contributed by atoms with Crippen molar-refractivity contribution >= 4 is 28.7 Å². The Bertz CT molecular complexity index is 872. The molecule has 1 unspecified atom stereocenters. The lowest BCUT2D eigenvalue weighted by Crippen LogP contribution is -2.68. The van der Waals surface area contributed by atoms with Crippen molar-refractivity contribution in [3.63, 3.8) is 0 Å². The number of carboxylic acid groups (broad SMARTS) is 2. The summed E-state index contributed by atoms with van der Waals surface area (Å²) < 4.78 is 21.0. The zero-order valence-corrected chi connectivity index (χ0v) is 22.4. The number of phenols is 1. The number of unbranched alkanes of at least 4 members (excludes halogenated alkanes) is 1. The number of carbonyl (C=O) groups is 2. The molecule has 1 aromatic carbocycles. The van der Waals surface area contributed by atoms with Crippen molar-refractivity contribution in [1.29, 1.82) is 0 Å². The predicted molar refractivity (Wildman–Crippen MR) is 133 cm³/mol. The van der Waals surface area contributed by atoms with Gasteiger partial charge in [-0.25, -0.2) is 0 Å². The predicted octanol–water partition coefficient (Wildman–Crippen LogP) is -2.79. The number of ether oxygens (including phenoxy) is 4. The third-order valence-electron chi connectivity index (χ3n) is 5.16. The highest BCUT2D eigenvalue weighted by atomic mass is 32.2. The van der Waals surface area contributed by atoms with Gasteiger partial charge in [0.2, 0.25) is 0 Å². The Balaban J connectivity index is 0.000000580. The summed E-state index contributed by atoms with van der Waals surface area (Å²) in [5.41, 5.74) is 6.27. The fraction of sp³-hybridized carbons (Fsp3) is 0.625. The third-order valence-corrected chi connectivity index (χ3v) is 6.45. The van der Waals surface area contributed by atoms with E-state index < -0.39 is 23.5 Å². The van der Waals surface area contributed by atoms with E-state index in [1.54, 1.807) is 19.2 Å². The molecule has 210 valence electrons. The number of hydrogen-bond acceptors (Lipinski definition) is 11. The van der Waals surface area contributed by atoms with E-state index in [1.807, 2.05) is 0 Å². The number of hydrogen-bond donors (Lipinski definition) is 3. The van der Waals surface area contributed by atoms with Crippen LogP contribution in [-0.4, -0.2) is 92.7 Å². The SMILES string of the molecule is COCCOCCOCCOc1ccc(C2=N[C@@](C)(C(=O)[O-])CS2)c(O)c1.[NH3+]CCCCC([NH3+])C(=O)[O-]. The van der Waals surface area contributed by atoms with E-state index in [9.17, 15) is 24.9 Å². The Labute approximate surface area is 221 Å². The van der Waals surface area contributed by atoms with Gasteiger partial charge in [0, 0.05) is 30.9 Å². The highest BCUT2D eigenvalue weighted by Crippen LogP contribution is 2.35. The average Bonchev–Trinajstić information content (AvgIpc) is 3.26. The number of thioether (sulfide) groups is 1. The molecule has 0 radical (unpaired) electrons. The Morgan fingerprint density at radius 1 is 1.14 bits per heavy atom. The van der Waals surface area contributed by atoms with Crippen molar-refractivity contribution in [3.05, 3.63) is 23.8 Å². The van der Waals surface area contributed by atoms with E-state index in [1.165, 1.54) is 24.8 Å². The van der Waals surface area contributed by atoms with Crippen LogP contribution in [0.2, 0.25) is 0 Å². The average molecular weight is 546 g/mol. The normalized spacial score (nSPS) is 17.5. The monoisotopic (exact) mass is 545 g/mol. The summed E-state index contributed by atoms with van der Waals surface area (Å²) >= 11 is 1.27. The molecule has 1 aromatic rings. The molecule has 2 atom stereocenters. The molecule has 0 amide bonds. The Kier molecular flexibility index (Phi) is 15.8. The van der Waals surface area contributed by atoms with Crippen molar-refractivity contribution < 1.29 is 55.3 Å². The van der Waals surface area contributed by atoms with Crippen LogP contribution in [0.1, 0.15) is 31.7 Å². The second kappa shape index (κ2) is 17.9. The van der Waals surface area contributed by atoms with Crippen LogP contribution in [0, 0.1) is 0 Å². The Hall–Kier alpha value is -2.42. The van der Waals surface area contributed by atoms with Crippen LogP contribution in [-0.2, 0) is 23.8 Å². The van der Waals surface area contributed by atoms with Gasteiger partial charge in [0.25, 0.3) is 0 Å². The second-order valence-electron chi connectivity index (χ2n) is 8.38. The standard InChI is InChI=1S/C18H25NO7S.C6H14N2O2/c1-18(17(21)22)12-27-16(19-18)14-4-3-13(11-15(14)20)26-10-9-25-8-7-24-6-5-23-2;7-4-2-1-3-5(8)6(9)10/h3-4,11,20H,5-10,12H2,1-2H3,(H,21,22);5H,1-4,7-8H2,(H,9,10)/t18-;/m1./s1. The third kappa shape index (κ3) is 12.6. The van der Waals surface area contributed by atoms with Gasteiger partial charge in [-0.05, 0) is 31.9 Å². The summed E-state index contributed by atoms with van der Waals surface area (Å²) in [5, 5.41) is 31.9. The van der Waals surface area contributed by atoms with Crippen LogP contribution in [0.5, 0.6) is 11.5 Å². The number of carboxylic acids is 2. The molecule has 1 aliphatic heterocycles. The van der Waals surface area contributed by atoms with Gasteiger partial charge in [-0.2, -0.15) is 0 Å². The fourth-order valence-corrected chi connectivity index (χ4v) is 4.08. The maximum Gasteiger partial charge on any atom is 0.129 e. The second-order valence-corrected chi connectivity index (χ2v) is 9.34. The first kappa shape index (κ1) is 32.6. The van der Waals surface area contributed by atoms with E-state index in [-0.39, 0.29) is 11.5 Å². The summed E-state index contributed by atoms with van der Waals surface area (Å²) in [6, 6.07) is 4.27. The van der Waals surface area contributed by atoms with Crippen LogP contribution in [0.15, 0.2) is 23.2 Å². The molecule has 0 fully saturated rings. The van der Waals surface area contributed by atoms with E-state index in [4.69, 9.17) is 18.9 Å². The van der Waals surface area contributed by atoms with E-state index in [2.05, 4.69) is 16.5 Å². The number of aromatic hydroxyl groups is 1. The quantitative estimate of drug-likeness (QED) is 0.172. The molecule has 12 nitrogen and oxygen atoms in total. The molecule has 2 rings (SSSR count). The van der Waals surface area contributed by atoms with Gasteiger partial charge in [-0.15, -0.1) is 11.8 Å². The van der Waals surface area contributed by atoms with E-state index >= 15 is 0 Å². The number of methoxy groups -OCH3 is 1. The van der Waals surface area contributed by atoms with Gasteiger partial charge in [-0.1, -0.05) is 0 Å². The first-order chi connectivity index (χ1) is 17.6. The number of nitrogens with zero attached hydrogens (tertiary/aromatic N) is 1. The summed E-state index contributed by atoms with van der Waals surface area (Å²) in [6.45, 7) is 5.12. The number of aliphatic imine (C=N–C) groups is 1. The van der Waals surface area contributed by atoms with Crippen LogP contribution in [0.25, 0.3) is 0 Å². The highest BCUT2D eigenvalue weighted by molar-refractivity contribution is 8.14. The van der Waals surface area contributed by atoms with E-state index in [0.717, 1.165) is 19.4 Å². The molecule has 1 heterocycles. The lowest BCUT2D eigenvalue weighted by atomic mass is 10.1. The summed E-state index contributed by atoms with van der Waals surface area (Å²) in [6.07, 6.45) is 2.46. The lowest BCUT2D eigenvalue weighted by Gasteiger charge is -2.19. The van der Waals surface area contributed by atoms with Crippen LogP contribution < -0.4 is 26.4 Å². The molecule has 0 saturated carbocycles. The molecule has 0 bridgehead atoms. The van der Waals surface area contributed by atoms with Crippen LogP contribution >= 0.6 is 11.8 Å². The molecule has 0 aliphatic carbocycles. The lowest BCUT2D eigenvalue weighted by molar-refractivity contribution is -0.439. The molecular formula is C24H39N3O9S. The Morgan fingerprint density at radius 2 is 1.78 bits per heavy atom. The molecule has 13 heteroatoms. The minimum Gasteiger partial charge on any atom is -0.547 e. The Morgan fingerprint density at radius 3 is 2.32 bits per heavy atom. The molecular weight excluding hydrogens is 506 g/mol. The van der Waals surface area contributed by atoms with Crippen LogP contribution in [0.3, 0.4) is 0 Å². The number of phenolic OH excluding ortho intramolecular Hbond substituents is 1. The minimum absolute atomic E-state index is 0.0196. The molecule has 1 aliphatic rings. The summed E-state index contributed by atoms with van der Waals surface area (Å²) in [7, 11) is 1.62. The maximum atomic E-state index is 11.2. The molecule has 37 heavy (non-hydrogen) atoms.